The van der Waals surface area contributed by atoms with E-state index in [9.17, 15) is 9.59 Å². The fraction of sp³-hybridized carbons (Fsp3) is 0.0455. The van der Waals surface area contributed by atoms with Gasteiger partial charge in [-0.3, -0.25) is 14.6 Å². The average molecular weight is 340 g/mol. The summed E-state index contributed by atoms with van der Waals surface area (Å²) in [4.78, 5) is 28.8. The Hall–Kier alpha value is -3.53. The molecule has 1 aromatic heterocycles. The minimum Gasteiger partial charge on any atom is -0.352 e. The minimum atomic E-state index is -0.166. The number of pyridine rings is 1. The van der Waals surface area contributed by atoms with Crippen LogP contribution in [0.15, 0.2) is 84.8 Å². The number of aromatic nitrogens is 1. The highest BCUT2D eigenvalue weighted by molar-refractivity contribution is 6.25. The van der Waals surface area contributed by atoms with E-state index in [-0.39, 0.29) is 11.6 Å². The lowest BCUT2D eigenvalue weighted by Gasteiger charge is -2.16. The molecule has 0 bridgehead atoms. The van der Waals surface area contributed by atoms with Crippen molar-refractivity contribution in [3.05, 3.63) is 107 Å². The van der Waals surface area contributed by atoms with Crippen molar-refractivity contribution >= 4 is 17.3 Å². The Kier molecular flexibility index (Phi) is 4.15. The summed E-state index contributed by atoms with van der Waals surface area (Å²) in [6.45, 7) is 0. The molecule has 0 aliphatic heterocycles. The molecule has 2 aromatic carbocycles. The van der Waals surface area contributed by atoms with Gasteiger partial charge in [0, 0.05) is 35.3 Å². The number of rotatable bonds is 4. The molecule has 0 fully saturated rings. The minimum absolute atomic E-state index is 0.156. The lowest BCUT2D eigenvalue weighted by atomic mass is 9.92. The van der Waals surface area contributed by atoms with E-state index < -0.39 is 0 Å². The molecular formula is C22H16N2O2. The molecule has 0 spiro atoms. The van der Waals surface area contributed by atoms with E-state index in [0.717, 1.165) is 17.7 Å². The molecule has 0 unspecified atom stereocenters. The van der Waals surface area contributed by atoms with Gasteiger partial charge >= 0.3 is 0 Å². The smallest absolute Gasteiger partial charge is 0.210 e. The van der Waals surface area contributed by atoms with Gasteiger partial charge in [0.25, 0.3) is 0 Å². The molecule has 1 heterocycles. The van der Waals surface area contributed by atoms with Crippen molar-refractivity contribution in [1.29, 1.82) is 0 Å². The monoisotopic (exact) mass is 340 g/mol. The van der Waals surface area contributed by atoms with Gasteiger partial charge in [0.05, 0.1) is 5.70 Å². The second kappa shape index (κ2) is 6.76. The summed E-state index contributed by atoms with van der Waals surface area (Å²) in [7, 11) is 0. The molecule has 0 saturated heterocycles. The number of carbonyl (C=O) groups excluding carboxylic acids is 2. The molecule has 0 saturated carbocycles. The molecular weight excluding hydrogens is 324 g/mol. The third kappa shape index (κ3) is 3.17. The summed E-state index contributed by atoms with van der Waals surface area (Å²) >= 11 is 0. The zero-order valence-corrected chi connectivity index (χ0v) is 14.0. The number of allylic oxidation sites excluding steroid dienone is 2. The molecule has 0 amide bonds. The number of benzene rings is 2. The lowest BCUT2D eigenvalue weighted by Crippen LogP contribution is -2.21. The molecule has 126 valence electrons. The van der Waals surface area contributed by atoms with E-state index in [2.05, 4.69) is 10.3 Å². The van der Waals surface area contributed by atoms with Gasteiger partial charge in [-0.25, -0.2) is 0 Å². The van der Waals surface area contributed by atoms with Crippen LogP contribution in [0.4, 0.5) is 5.69 Å². The third-order valence-electron chi connectivity index (χ3n) is 4.35. The first kappa shape index (κ1) is 16.0. The van der Waals surface area contributed by atoms with Gasteiger partial charge < -0.3 is 5.32 Å². The van der Waals surface area contributed by atoms with Crippen LogP contribution in [0.25, 0.3) is 0 Å². The van der Waals surface area contributed by atoms with Crippen LogP contribution < -0.4 is 5.32 Å². The van der Waals surface area contributed by atoms with Gasteiger partial charge in [0.15, 0.2) is 5.78 Å². The fourth-order valence-corrected chi connectivity index (χ4v) is 3.01. The number of Topliss-reactive ketones (excluding diaryl/α,β-unsaturated/α-hetero) is 1. The standard InChI is InChI=1S/C22H16N2O2/c25-21-14-20(22(26)19-4-2-1-3-18(19)21)24-17-7-5-15(6-8-17)13-16-9-11-23-12-10-16/h1-12,14,24H,13H2. The van der Waals surface area contributed by atoms with Crippen molar-refractivity contribution < 1.29 is 9.59 Å². The van der Waals surface area contributed by atoms with Crippen molar-refractivity contribution in [2.45, 2.75) is 6.42 Å². The third-order valence-corrected chi connectivity index (χ3v) is 4.35. The van der Waals surface area contributed by atoms with Crippen LogP contribution in [-0.2, 0) is 6.42 Å². The number of nitrogens with zero attached hydrogens (tertiary/aromatic N) is 1. The van der Waals surface area contributed by atoms with Gasteiger partial charge in [0.2, 0.25) is 5.78 Å². The normalized spacial score (nSPS) is 13.2. The van der Waals surface area contributed by atoms with Gasteiger partial charge in [-0.1, -0.05) is 36.4 Å². The Morgan fingerprint density at radius 2 is 1.42 bits per heavy atom. The highest BCUT2D eigenvalue weighted by Gasteiger charge is 2.25. The second-order valence-electron chi connectivity index (χ2n) is 6.15. The topological polar surface area (TPSA) is 59.1 Å². The average Bonchev–Trinajstić information content (AvgIpc) is 2.68. The second-order valence-corrected chi connectivity index (χ2v) is 6.15. The summed E-state index contributed by atoms with van der Waals surface area (Å²) in [6.07, 6.45) is 5.74. The lowest BCUT2D eigenvalue weighted by molar-refractivity contribution is 0.0985. The maximum Gasteiger partial charge on any atom is 0.210 e. The van der Waals surface area contributed by atoms with Crippen molar-refractivity contribution in [2.24, 2.45) is 0 Å². The number of fused-ring (bicyclic) bond motifs is 1. The maximum absolute atomic E-state index is 12.6. The first-order valence-corrected chi connectivity index (χ1v) is 8.35. The van der Waals surface area contributed by atoms with Crippen LogP contribution in [0.5, 0.6) is 0 Å². The number of carbonyl (C=O) groups is 2. The molecule has 4 nitrogen and oxygen atoms in total. The van der Waals surface area contributed by atoms with Crippen LogP contribution in [0.3, 0.4) is 0 Å². The summed E-state index contributed by atoms with van der Waals surface area (Å²) < 4.78 is 0. The predicted molar refractivity (Wildman–Crippen MR) is 100 cm³/mol. The van der Waals surface area contributed by atoms with Crippen molar-refractivity contribution in [1.82, 2.24) is 4.98 Å². The summed E-state index contributed by atoms with van der Waals surface area (Å²) in [5.74, 6) is -0.321. The molecule has 1 aliphatic rings. The molecule has 26 heavy (non-hydrogen) atoms. The van der Waals surface area contributed by atoms with E-state index >= 15 is 0 Å². The molecule has 4 rings (SSSR count). The molecule has 4 heteroatoms. The maximum atomic E-state index is 12.6. The van der Waals surface area contributed by atoms with Crippen molar-refractivity contribution in [3.8, 4) is 0 Å². The highest BCUT2D eigenvalue weighted by atomic mass is 16.1. The SMILES string of the molecule is O=C1C=C(Nc2ccc(Cc3ccncc3)cc2)C(=O)c2ccccc21. The molecule has 1 N–H and O–H groups in total. The fourth-order valence-electron chi connectivity index (χ4n) is 3.01. The van der Waals surface area contributed by atoms with Gasteiger partial charge in [-0.2, -0.15) is 0 Å². The Morgan fingerprint density at radius 1 is 0.769 bits per heavy atom. The molecule has 3 aromatic rings. The Labute approximate surface area is 151 Å². The largest absolute Gasteiger partial charge is 0.352 e. The number of hydrogen-bond donors (Lipinski definition) is 1. The number of nitrogens with one attached hydrogen (secondary N) is 1. The van der Waals surface area contributed by atoms with Crippen molar-refractivity contribution in [3.63, 3.8) is 0 Å². The summed E-state index contributed by atoms with van der Waals surface area (Å²) in [6, 6.07) is 18.7. The van der Waals surface area contributed by atoms with E-state index in [1.807, 2.05) is 36.4 Å². The zero-order chi connectivity index (χ0) is 17.9. The van der Waals surface area contributed by atoms with E-state index in [0.29, 0.717) is 16.8 Å². The van der Waals surface area contributed by atoms with Crippen molar-refractivity contribution in [2.75, 3.05) is 5.32 Å². The van der Waals surface area contributed by atoms with Crippen LogP contribution in [0.2, 0.25) is 0 Å². The number of anilines is 1. The predicted octanol–water partition coefficient (Wildman–Crippen LogP) is 4.05. The zero-order valence-electron chi connectivity index (χ0n) is 14.0. The van der Waals surface area contributed by atoms with Crippen LogP contribution in [0, 0.1) is 0 Å². The van der Waals surface area contributed by atoms with E-state index in [1.165, 1.54) is 11.6 Å². The summed E-state index contributed by atoms with van der Waals surface area (Å²) in [5, 5.41) is 3.07. The first-order valence-electron chi connectivity index (χ1n) is 8.35. The number of ketones is 2. The van der Waals surface area contributed by atoms with Gasteiger partial charge in [-0.05, 0) is 41.8 Å². The molecule has 1 aliphatic carbocycles. The summed E-state index contributed by atoms with van der Waals surface area (Å²) in [5.41, 5.74) is 4.32. The van der Waals surface area contributed by atoms with Crippen LogP contribution in [0.1, 0.15) is 31.8 Å². The first-order chi connectivity index (χ1) is 12.7. The number of hydrogen-bond acceptors (Lipinski definition) is 4. The van der Waals surface area contributed by atoms with Gasteiger partial charge in [0.1, 0.15) is 0 Å². The van der Waals surface area contributed by atoms with E-state index in [4.69, 9.17) is 0 Å². The Morgan fingerprint density at radius 3 is 2.15 bits per heavy atom. The quantitative estimate of drug-likeness (QED) is 0.778. The van der Waals surface area contributed by atoms with E-state index in [1.54, 1.807) is 36.7 Å². The Balaban J connectivity index is 1.51. The molecule has 0 atom stereocenters. The van der Waals surface area contributed by atoms with Crippen LogP contribution >= 0.6 is 0 Å². The highest BCUT2D eigenvalue weighted by Crippen LogP contribution is 2.23. The van der Waals surface area contributed by atoms with Gasteiger partial charge in [-0.15, -0.1) is 0 Å². The molecule has 0 radical (unpaired) electrons. The van der Waals surface area contributed by atoms with Crippen LogP contribution in [-0.4, -0.2) is 16.6 Å². The Bertz CT molecular complexity index is 1010.